The fourth-order valence-corrected chi connectivity index (χ4v) is 8.32. The van der Waals surface area contributed by atoms with Gasteiger partial charge >= 0.3 is 0 Å². The molecule has 0 saturated heterocycles. The lowest BCUT2D eigenvalue weighted by atomic mass is 9.94. The molecule has 2 aromatic heterocycles. The van der Waals surface area contributed by atoms with E-state index < -0.39 is 0 Å². The molecule has 2 nitrogen and oxygen atoms in total. The summed E-state index contributed by atoms with van der Waals surface area (Å²) < 4.78 is 4.95. The van der Waals surface area contributed by atoms with Crippen molar-refractivity contribution in [3.05, 3.63) is 181 Å². The van der Waals surface area contributed by atoms with E-state index in [0.29, 0.717) is 0 Å². The van der Waals surface area contributed by atoms with Gasteiger partial charge in [0.25, 0.3) is 0 Å². The van der Waals surface area contributed by atoms with Gasteiger partial charge in [0.15, 0.2) is 0 Å². The Morgan fingerprint density at radius 2 is 0.840 bits per heavy atom. The summed E-state index contributed by atoms with van der Waals surface area (Å²) in [5.74, 6) is 0. The van der Waals surface area contributed by atoms with Gasteiger partial charge in [-0.15, -0.1) is 0 Å². The van der Waals surface area contributed by atoms with E-state index in [0.717, 1.165) is 12.8 Å². The van der Waals surface area contributed by atoms with Crippen LogP contribution in [-0.4, -0.2) is 9.13 Å². The average molecular weight is 641 g/mol. The van der Waals surface area contributed by atoms with Crippen LogP contribution >= 0.6 is 0 Å². The highest BCUT2D eigenvalue weighted by molar-refractivity contribution is 6.10. The van der Waals surface area contributed by atoms with Crippen molar-refractivity contribution in [1.29, 1.82) is 0 Å². The number of hydrogen-bond donors (Lipinski definition) is 0. The highest BCUT2D eigenvalue weighted by Gasteiger charge is 2.22. The summed E-state index contributed by atoms with van der Waals surface area (Å²) in [6, 6.07) is 62.4. The Kier molecular flexibility index (Phi) is 6.80. The summed E-state index contributed by atoms with van der Waals surface area (Å²) in [5.41, 5.74) is 16.6. The van der Waals surface area contributed by atoms with Crippen molar-refractivity contribution in [2.45, 2.75) is 25.7 Å². The molecule has 1 aliphatic carbocycles. The molecule has 1 aliphatic rings. The standard InChI is InChI=1S/C48H36N2/c1-3-11-33(12-4-1)35-19-25-39(26-20-35)49-46-18-10-8-16-42(46)44-31-37(24-30-47(44)49)38-23-29-43-41-15-7-9-17-45(41)50(48(43)32-38)40-27-21-36(22-28-40)34-13-5-2-6-14-34/h1-6,8,10-14,16,18-32H,7,9,15,17H2. The van der Waals surface area contributed by atoms with E-state index in [1.165, 1.54) is 102 Å². The van der Waals surface area contributed by atoms with Gasteiger partial charge in [-0.05, 0) is 113 Å². The second kappa shape index (κ2) is 11.8. The van der Waals surface area contributed by atoms with Crippen molar-refractivity contribution in [3.8, 4) is 44.8 Å². The summed E-state index contributed by atoms with van der Waals surface area (Å²) in [4.78, 5) is 0. The van der Waals surface area contributed by atoms with Crippen molar-refractivity contribution in [2.75, 3.05) is 0 Å². The van der Waals surface area contributed by atoms with Crippen molar-refractivity contribution < 1.29 is 0 Å². The number of rotatable bonds is 5. The first kappa shape index (κ1) is 28.9. The molecule has 0 aliphatic heterocycles. The van der Waals surface area contributed by atoms with Crippen LogP contribution in [0.15, 0.2) is 170 Å². The summed E-state index contributed by atoms with van der Waals surface area (Å²) in [6.45, 7) is 0. The molecule has 2 heterocycles. The molecule has 0 saturated carbocycles. The summed E-state index contributed by atoms with van der Waals surface area (Å²) in [6.07, 6.45) is 4.78. The maximum absolute atomic E-state index is 2.55. The molecule has 10 rings (SSSR count). The molecule has 0 amide bonds. The molecule has 0 N–H and O–H groups in total. The summed E-state index contributed by atoms with van der Waals surface area (Å²) >= 11 is 0. The third kappa shape index (κ3) is 4.71. The third-order valence-corrected chi connectivity index (χ3v) is 10.7. The van der Waals surface area contributed by atoms with Gasteiger partial charge in [0, 0.05) is 33.2 Å². The SMILES string of the molecule is c1ccc(-c2ccc(-n3c4c(c5ccc(-c6ccc7c(c6)c6ccccc6n7-c6ccc(-c7ccccc7)cc6)cc53)CCCC4)cc2)cc1. The quantitative estimate of drug-likeness (QED) is 0.177. The second-order valence-corrected chi connectivity index (χ2v) is 13.6. The van der Waals surface area contributed by atoms with Crippen LogP contribution in [0.2, 0.25) is 0 Å². The van der Waals surface area contributed by atoms with Crippen LogP contribution in [0.4, 0.5) is 0 Å². The Morgan fingerprint density at radius 1 is 0.320 bits per heavy atom. The number of benzene rings is 7. The molecule has 0 radical (unpaired) electrons. The van der Waals surface area contributed by atoms with Crippen molar-refractivity contribution in [2.24, 2.45) is 0 Å². The number of fused-ring (bicyclic) bond motifs is 6. The van der Waals surface area contributed by atoms with Gasteiger partial charge in [0.05, 0.1) is 16.6 Å². The van der Waals surface area contributed by atoms with Crippen molar-refractivity contribution in [3.63, 3.8) is 0 Å². The Hall–Kier alpha value is -6.12. The van der Waals surface area contributed by atoms with Crippen molar-refractivity contribution in [1.82, 2.24) is 9.13 Å². The van der Waals surface area contributed by atoms with E-state index in [4.69, 9.17) is 0 Å². The van der Waals surface area contributed by atoms with Crippen LogP contribution in [0, 0.1) is 0 Å². The van der Waals surface area contributed by atoms with Gasteiger partial charge < -0.3 is 9.13 Å². The monoisotopic (exact) mass is 640 g/mol. The zero-order chi connectivity index (χ0) is 33.0. The Bertz CT molecular complexity index is 2660. The smallest absolute Gasteiger partial charge is 0.0541 e. The predicted molar refractivity (Wildman–Crippen MR) is 211 cm³/mol. The molecule has 2 heteroatoms. The van der Waals surface area contributed by atoms with E-state index in [2.05, 4.69) is 179 Å². The number of para-hydroxylation sites is 1. The number of aromatic nitrogens is 2. The zero-order valence-electron chi connectivity index (χ0n) is 27.9. The summed E-state index contributed by atoms with van der Waals surface area (Å²) in [7, 11) is 0. The summed E-state index contributed by atoms with van der Waals surface area (Å²) in [5, 5.41) is 3.94. The minimum atomic E-state index is 1.12. The average Bonchev–Trinajstić information content (AvgIpc) is 3.71. The minimum Gasteiger partial charge on any atom is -0.313 e. The van der Waals surface area contributed by atoms with Gasteiger partial charge in [-0.3, -0.25) is 0 Å². The molecule has 0 unspecified atom stereocenters. The Labute approximate surface area is 292 Å². The first-order valence-electron chi connectivity index (χ1n) is 17.8. The maximum Gasteiger partial charge on any atom is 0.0541 e. The molecule has 0 atom stereocenters. The van der Waals surface area contributed by atoms with Gasteiger partial charge in [-0.1, -0.05) is 121 Å². The molecule has 0 fully saturated rings. The molecular weight excluding hydrogens is 605 g/mol. The van der Waals surface area contributed by atoms with Crippen LogP contribution in [0.3, 0.4) is 0 Å². The molecule has 50 heavy (non-hydrogen) atoms. The lowest BCUT2D eigenvalue weighted by molar-refractivity contribution is 0.667. The van der Waals surface area contributed by atoms with E-state index in [-0.39, 0.29) is 0 Å². The topological polar surface area (TPSA) is 9.86 Å². The molecule has 9 aromatic rings. The number of nitrogens with zero attached hydrogens (tertiary/aromatic N) is 2. The van der Waals surface area contributed by atoms with Gasteiger partial charge in [-0.2, -0.15) is 0 Å². The maximum atomic E-state index is 2.55. The Balaban J connectivity index is 1.09. The highest BCUT2D eigenvalue weighted by Crippen LogP contribution is 2.39. The van der Waals surface area contributed by atoms with E-state index in [9.17, 15) is 0 Å². The Morgan fingerprint density at radius 3 is 1.54 bits per heavy atom. The zero-order valence-corrected chi connectivity index (χ0v) is 27.9. The van der Waals surface area contributed by atoms with Crippen LogP contribution in [-0.2, 0) is 12.8 Å². The van der Waals surface area contributed by atoms with Gasteiger partial charge in [0.2, 0.25) is 0 Å². The van der Waals surface area contributed by atoms with E-state index in [1.807, 2.05) is 0 Å². The highest BCUT2D eigenvalue weighted by atomic mass is 15.0. The molecule has 0 bridgehead atoms. The lowest BCUT2D eigenvalue weighted by Crippen LogP contribution is -2.06. The molecule has 238 valence electrons. The van der Waals surface area contributed by atoms with E-state index in [1.54, 1.807) is 0 Å². The van der Waals surface area contributed by atoms with Crippen molar-refractivity contribution >= 4 is 32.7 Å². The largest absolute Gasteiger partial charge is 0.313 e. The number of hydrogen-bond acceptors (Lipinski definition) is 0. The van der Waals surface area contributed by atoms with Crippen LogP contribution in [0.5, 0.6) is 0 Å². The normalized spacial score (nSPS) is 12.9. The predicted octanol–water partition coefficient (Wildman–Crippen LogP) is 12.6. The molecule has 0 spiro atoms. The molecule has 7 aromatic carbocycles. The first-order chi connectivity index (χ1) is 24.8. The molecular formula is C48H36N2. The van der Waals surface area contributed by atoms with Crippen LogP contribution in [0.1, 0.15) is 24.1 Å². The van der Waals surface area contributed by atoms with Crippen LogP contribution < -0.4 is 0 Å². The van der Waals surface area contributed by atoms with Gasteiger partial charge in [0.1, 0.15) is 0 Å². The van der Waals surface area contributed by atoms with Gasteiger partial charge in [-0.25, -0.2) is 0 Å². The second-order valence-electron chi connectivity index (χ2n) is 13.6. The third-order valence-electron chi connectivity index (χ3n) is 10.7. The first-order valence-corrected chi connectivity index (χ1v) is 17.8. The van der Waals surface area contributed by atoms with E-state index >= 15 is 0 Å². The fourth-order valence-electron chi connectivity index (χ4n) is 8.32. The fraction of sp³-hybridized carbons (Fsp3) is 0.0833. The van der Waals surface area contributed by atoms with Crippen LogP contribution in [0.25, 0.3) is 77.5 Å². The number of aryl methyl sites for hydroxylation is 1. The minimum absolute atomic E-state index is 1.12. The lowest BCUT2D eigenvalue weighted by Gasteiger charge is -2.16.